The predicted molar refractivity (Wildman–Crippen MR) is 76.3 cm³/mol. The van der Waals surface area contributed by atoms with Crippen LogP contribution in [0.2, 0.25) is 0 Å². The Morgan fingerprint density at radius 2 is 2.16 bits per heavy atom. The Bertz CT molecular complexity index is 457. The van der Waals surface area contributed by atoms with Gasteiger partial charge in [-0.15, -0.1) is 0 Å². The standard InChI is InChI=1S/C15H22N2O2/c1-10(2)14-15(18)17-12-9-11(5-3-4-8-16)6-7-13(12)19-14/h6-7,9-10,14H,3-5,8,16H2,1-2H3,(H,17,18). The first-order chi connectivity index (χ1) is 9.11. The van der Waals surface area contributed by atoms with E-state index in [1.54, 1.807) is 0 Å². The highest BCUT2D eigenvalue weighted by Crippen LogP contribution is 2.32. The summed E-state index contributed by atoms with van der Waals surface area (Å²) in [7, 11) is 0. The summed E-state index contributed by atoms with van der Waals surface area (Å²) in [5.74, 6) is 0.875. The van der Waals surface area contributed by atoms with E-state index >= 15 is 0 Å². The van der Waals surface area contributed by atoms with E-state index in [9.17, 15) is 4.79 Å². The second kappa shape index (κ2) is 6.06. The van der Waals surface area contributed by atoms with Gasteiger partial charge in [-0.25, -0.2) is 0 Å². The summed E-state index contributed by atoms with van der Waals surface area (Å²) in [5, 5.41) is 2.93. The molecular formula is C15H22N2O2. The Balaban J connectivity index is 2.10. The van der Waals surface area contributed by atoms with E-state index in [1.807, 2.05) is 26.0 Å². The molecule has 4 nitrogen and oxygen atoms in total. The third kappa shape index (κ3) is 3.26. The molecule has 0 radical (unpaired) electrons. The molecule has 0 bridgehead atoms. The van der Waals surface area contributed by atoms with Crippen LogP contribution in [0.4, 0.5) is 5.69 Å². The summed E-state index contributed by atoms with van der Waals surface area (Å²) in [5.41, 5.74) is 7.48. The quantitative estimate of drug-likeness (QED) is 0.800. The number of carbonyl (C=O) groups excluding carboxylic acids is 1. The average molecular weight is 262 g/mol. The first kappa shape index (κ1) is 13.9. The third-order valence-corrected chi connectivity index (χ3v) is 3.34. The normalized spacial score (nSPS) is 17.9. The molecule has 0 spiro atoms. The Morgan fingerprint density at radius 1 is 1.37 bits per heavy atom. The van der Waals surface area contributed by atoms with E-state index in [2.05, 4.69) is 11.4 Å². The molecule has 3 N–H and O–H groups in total. The zero-order valence-corrected chi connectivity index (χ0v) is 11.6. The number of hydrogen-bond acceptors (Lipinski definition) is 3. The van der Waals surface area contributed by atoms with Crippen molar-refractivity contribution in [3.05, 3.63) is 23.8 Å². The van der Waals surface area contributed by atoms with E-state index in [0.717, 1.165) is 37.2 Å². The van der Waals surface area contributed by atoms with Gasteiger partial charge in [0.15, 0.2) is 6.10 Å². The van der Waals surface area contributed by atoms with Crippen LogP contribution in [0.25, 0.3) is 0 Å². The SMILES string of the molecule is CC(C)C1Oc2ccc(CCCCN)cc2NC1=O. The molecule has 0 saturated carbocycles. The van der Waals surface area contributed by atoms with Crippen LogP contribution in [0.15, 0.2) is 18.2 Å². The summed E-state index contributed by atoms with van der Waals surface area (Å²) < 4.78 is 5.75. The summed E-state index contributed by atoms with van der Waals surface area (Å²) >= 11 is 0. The smallest absolute Gasteiger partial charge is 0.265 e. The van der Waals surface area contributed by atoms with Crippen molar-refractivity contribution in [2.45, 2.75) is 39.2 Å². The van der Waals surface area contributed by atoms with E-state index in [1.165, 1.54) is 5.56 Å². The molecule has 1 unspecified atom stereocenters. The molecule has 1 aromatic carbocycles. The van der Waals surface area contributed by atoms with Gasteiger partial charge < -0.3 is 15.8 Å². The number of fused-ring (bicyclic) bond motifs is 1. The molecule has 19 heavy (non-hydrogen) atoms. The van der Waals surface area contributed by atoms with Gasteiger partial charge in [-0.1, -0.05) is 19.9 Å². The van der Waals surface area contributed by atoms with Gasteiger partial charge in [0.25, 0.3) is 5.91 Å². The number of aryl methyl sites for hydroxylation is 1. The first-order valence-electron chi connectivity index (χ1n) is 6.92. The fourth-order valence-electron chi connectivity index (χ4n) is 2.24. The zero-order valence-electron chi connectivity index (χ0n) is 11.6. The van der Waals surface area contributed by atoms with Crippen molar-refractivity contribution in [1.29, 1.82) is 0 Å². The molecule has 1 aliphatic rings. The van der Waals surface area contributed by atoms with Crippen molar-refractivity contribution < 1.29 is 9.53 Å². The van der Waals surface area contributed by atoms with Gasteiger partial charge in [0.2, 0.25) is 0 Å². The molecule has 1 atom stereocenters. The first-order valence-corrected chi connectivity index (χ1v) is 6.92. The Kier molecular flexibility index (Phi) is 4.43. The maximum Gasteiger partial charge on any atom is 0.265 e. The van der Waals surface area contributed by atoms with Crippen molar-refractivity contribution in [2.75, 3.05) is 11.9 Å². The number of amides is 1. The Hall–Kier alpha value is -1.55. The van der Waals surface area contributed by atoms with Crippen LogP contribution in [-0.2, 0) is 11.2 Å². The highest BCUT2D eigenvalue weighted by molar-refractivity contribution is 5.97. The number of benzene rings is 1. The van der Waals surface area contributed by atoms with Crippen molar-refractivity contribution in [2.24, 2.45) is 11.7 Å². The molecule has 0 fully saturated rings. The van der Waals surface area contributed by atoms with Gasteiger partial charge in [0.05, 0.1) is 5.69 Å². The highest BCUT2D eigenvalue weighted by Gasteiger charge is 2.30. The van der Waals surface area contributed by atoms with Gasteiger partial charge in [-0.3, -0.25) is 4.79 Å². The number of anilines is 1. The van der Waals surface area contributed by atoms with E-state index in [0.29, 0.717) is 0 Å². The van der Waals surface area contributed by atoms with Crippen LogP contribution in [0.3, 0.4) is 0 Å². The minimum atomic E-state index is -0.393. The van der Waals surface area contributed by atoms with Crippen molar-refractivity contribution in [3.63, 3.8) is 0 Å². The maximum absolute atomic E-state index is 11.9. The van der Waals surface area contributed by atoms with Crippen molar-refractivity contribution in [3.8, 4) is 5.75 Å². The fourth-order valence-corrected chi connectivity index (χ4v) is 2.24. The minimum Gasteiger partial charge on any atom is -0.478 e. The van der Waals surface area contributed by atoms with Gasteiger partial charge in [0, 0.05) is 0 Å². The van der Waals surface area contributed by atoms with Gasteiger partial charge in [-0.05, 0) is 49.4 Å². The molecule has 1 aliphatic heterocycles. The van der Waals surface area contributed by atoms with Crippen LogP contribution < -0.4 is 15.8 Å². The van der Waals surface area contributed by atoms with E-state index in [4.69, 9.17) is 10.5 Å². The molecule has 2 rings (SSSR count). The molecule has 0 aromatic heterocycles. The molecule has 0 saturated heterocycles. The van der Waals surface area contributed by atoms with Crippen LogP contribution in [-0.4, -0.2) is 18.6 Å². The fraction of sp³-hybridized carbons (Fsp3) is 0.533. The predicted octanol–water partition coefficient (Wildman–Crippen LogP) is 2.32. The lowest BCUT2D eigenvalue weighted by Gasteiger charge is -2.28. The Morgan fingerprint density at radius 3 is 2.84 bits per heavy atom. The molecule has 1 heterocycles. The van der Waals surface area contributed by atoms with Crippen LogP contribution in [0, 0.1) is 5.92 Å². The van der Waals surface area contributed by atoms with Gasteiger partial charge >= 0.3 is 0 Å². The van der Waals surface area contributed by atoms with E-state index in [-0.39, 0.29) is 11.8 Å². The van der Waals surface area contributed by atoms with Crippen LogP contribution >= 0.6 is 0 Å². The van der Waals surface area contributed by atoms with Crippen molar-refractivity contribution in [1.82, 2.24) is 0 Å². The van der Waals surface area contributed by atoms with E-state index < -0.39 is 6.10 Å². The largest absolute Gasteiger partial charge is 0.478 e. The van der Waals surface area contributed by atoms with Gasteiger partial charge in [-0.2, -0.15) is 0 Å². The minimum absolute atomic E-state index is 0.0541. The topological polar surface area (TPSA) is 64.3 Å². The highest BCUT2D eigenvalue weighted by atomic mass is 16.5. The number of nitrogens with one attached hydrogen (secondary N) is 1. The Labute approximate surface area is 114 Å². The molecule has 0 aliphatic carbocycles. The lowest BCUT2D eigenvalue weighted by atomic mass is 10.0. The summed E-state index contributed by atoms with van der Waals surface area (Å²) in [6.45, 7) is 4.69. The third-order valence-electron chi connectivity index (χ3n) is 3.34. The number of ether oxygens (including phenoxy) is 1. The van der Waals surface area contributed by atoms with Crippen molar-refractivity contribution >= 4 is 11.6 Å². The molecule has 1 amide bonds. The second-order valence-electron chi connectivity index (χ2n) is 5.35. The van der Waals surface area contributed by atoms with Gasteiger partial charge in [0.1, 0.15) is 5.75 Å². The second-order valence-corrected chi connectivity index (χ2v) is 5.35. The monoisotopic (exact) mass is 262 g/mol. The number of carbonyl (C=O) groups is 1. The lowest BCUT2D eigenvalue weighted by Crippen LogP contribution is -2.40. The number of rotatable bonds is 5. The molecule has 1 aromatic rings. The number of nitrogens with two attached hydrogens (primary N) is 1. The molecular weight excluding hydrogens is 240 g/mol. The summed E-state index contributed by atoms with van der Waals surface area (Å²) in [6, 6.07) is 6.01. The summed E-state index contributed by atoms with van der Waals surface area (Å²) in [6.07, 6.45) is 2.68. The number of unbranched alkanes of at least 4 members (excludes halogenated alkanes) is 1. The van der Waals surface area contributed by atoms with Crippen LogP contribution in [0.1, 0.15) is 32.3 Å². The molecule has 104 valence electrons. The average Bonchev–Trinajstić information content (AvgIpc) is 2.37. The zero-order chi connectivity index (χ0) is 13.8. The number of hydrogen-bond donors (Lipinski definition) is 2. The summed E-state index contributed by atoms with van der Waals surface area (Å²) in [4.78, 5) is 11.9. The van der Waals surface area contributed by atoms with Crippen LogP contribution in [0.5, 0.6) is 5.75 Å². The molecule has 4 heteroatoms. The lowest BCUT2D eigenvalue weighted by molar-refractivity contribution is -0.125. The maximum atomic E-state index is 11.9.